The van der Waals surface area contributed by atoms with Gasteiger partial charge in [0.1, 0.15) is 0 Å². The summed E-state index contributed by atoms with van der Waals surface area (Å²) in [5.74, 6) is 0.0791. The number of unbranched alkanes of at least 4 members (excludes halogenated alkanes) is 1. The fourth-order valence-corrected chi connectivity index (χ4v) is 3.30. The third-order valence-electron chi connectivity index (χ3n) is 4.67. The lowest BCUT2D eigenvalue weighted by molar-refractivity contribution is -0.143. The summed E-state index contributed by atoms with van der Waals surface area (Å²) >= 11 is 5.90. The summed E-state index contributed by atoms with van der Waals surface area (Å²) in [4.78, 5) is 28.6. The number of amides is 2. The van der Waals surface area contributed by atoms with E-state index in [2.05, 4.69) is 0 Å². The molecule has 2 rings (SSSR count). The van der Waals surface area contributed by atoms with Crippen molar-refractivity contribution in [2.24, 2.45) is 5.92 Å². The van der Waals surface area contributed by atoms with E-state index in [1.54, 1.807) is 4.90 Å². The van der Waals surface area contributed by atoms with Crippen LogP contribution in [0.15, 0.2) is 24.3 Å². The molecule has 1 fully saturated rings. The van der Waals surface area contributed by atoms with Gasteiger partial charge in [0, 0.05) is 44.2 Å². The highest BCUT2D eigenvalue weighted by Crippen LogP contribution is 2.22. The Kier molecular flexibility index (Phi) is 7.72. The molecule has 0 bridgehead atoms. The minimum atomic E-state index is -0.140. The fourth-order valence-electron chi connectivity index (χ4n) is 3.18. The molecule has 2 amide bonds. The Bertz CT molecular complexity index is 577. The first kappa shape index (κ1) is 19.7. The molecule has 1 atom stereocenters. The van der Waals surface area contributed by atoms with Gasteiger partial charge in [0.25, 0.3) is 0 Å². The molecule has 1 aromatic carbocycles. The van der Waals surface area contributed by atoms with Crippen LogP contribution in [0.4, 0.5) is 0 Å². The van der Waals surface area contributed by atoms with Gasteiger partial charge in [-0.15, -0.1) is 0 Å². The van der Waals surface area contributed by atoms with Gasteiger partial charge in [-0.2, -0.15) is 0 Å². The monoisotopic (exact) mass is 366 g/mol. The Labute approximate surface area is 154 Å². The smallest absolute Gasteiger partial charge is 0.227 e. The summed E-state index contributed by atoms with van der Waals surface area (Å²) in [6.07, 6.45) is 2.54. The Hall–Kier alpha value is -1.59. The van der Waals surface area contributed by atoms with E-state index in [0.717, 1.165) is 12.0 Å². The zero-order chi connectivity index (χ0) is 18.2. The summed E-state index contributed by atoms with van der Waals surface area (Å²) in [5, 5.41) is 9.57. The molecule has 0 aliphatic carbocycles. The second-order valence-corrected chi connectivity index (χ2v) is 6.92. The van der Waals surface area contributed by atoms with Crippen molar-refractivity contribution in [3.63, 3.8) is 0 Å². The van der Waals surface area contributed by atoms with Crippen LogP contribution in [0.2, 0.25) is 5.02 Å². The zero-order valence-electron chi connectivity index (χ0n) is 14.8. The Balaban J connectivity index is 1.96. The average Bonchev–Trinajstić information content (AvgIpc) is 2.62. The molecule has 5 nitrogen and oxygen atoms in total. The molecule has 1 aromatic rings. The molecule has 1 aliphatic rings. The maximum Gasteiger partial charge on any atom is 0.227 e. The Morgan fingerprint density at radius 2 is 2.04 bits per heavy atom. The predicted molar refractivity (Wildman–Crippen MR) is 98.2 cm³/mol. The molecular formula is C19H27ClN2O3. The van der Waals surface area contributed by atoms with Gasteiger partial charge in [-0.25, -0.2) is 0 Å². The van der Waals surface area contributed by atoms with E-state index < -0.39 is 0 Å². The van der Waals surface area contributed by atoms with Crippen LogP contribution in [-0.4, -0.2) is 53.0 Å². The van der Waals surface area contributed by atoms with Crippen LogP contribution in [0.25, 0.3) is 0 Å². The van der Waals surface area contributed by atoms with E-state index in [9.17, 15) is 9.59 Å². The number of halogens is 1. The van der Waals surface area contributed by atoms with Crippen LogP contribution in [-0.2, 0) is 16.1 Å². The molecule has 1 N–H and O–H groups in total. The minimum Gasteiger partial charge on any atom is -0.396 e. The van der Waals surface area contributed by atoms with E-state index in [1.165, 1.54) is 0 Å². The molecule has 0 radical (unpaired) electrons. The molecule has 6 heteroatoms. The second-order valence-electron chi connectivity index (χ2n) is 6.48. The third-order valence-corrected chi connectivity index (χ3v) is 4.92. The second kappa shape index (κ2) is 9.78. The van der Waals surface area contributed by atoms with Crippen LogP contribution in [0.3, 0.4) is 0 Å². The molecule has 1 saturated heterocycles. The van der Waals surface area contributed by atoms with E-state index in [1.807, 2.05) is 36.1 Å². The van der Waals surface area contributed by atoms with Crippen molar-refractivity contribution < 1.29 is 14.7 Å². The Morgan fingerprint density at radius 3 is 2.68 bits per heavy atom. The largest absolute Gasteiger partial charge is 0.396 e. The number of carbonyl (C=O) groups is 2. The first-order chi connectivity index (χ1) is 12.0. The number of piperidine rings is 1. The minimum absolute atomic E-state index is 0.0994. The molecule has 0 spiro atoms. The SMILES string of the molecule is CCN(CCCCO)C(=O)[C@H]1CCC(=O)N(Cc2ccc(Cl)cc2)C1. The lowest BCUT2D eigenvalue weighted by Crippen LogP contribution is -2.47. The lowest BCUT2D eigenvalue weighted by atomic mass is 9.95. The molecular weight excluding hydrogens is 340 g/mol. The van der Waals surface area contributed by atoms with Crippen LogP contribution in [0.5, 0.6) is 0 Å². The van der Waals surface area contributed by atoms with Crippen molar-refractivity contribution in [1.82, 2.24) is 9.80 Å². The van der Waals surface area contributed by atoms with Gasteiger partial charge in [0.15, 0.2) is 0 Å². The zero-order valence-corrected chi connectivity index (χ0v) is 15.5. The van der Waals surface area contributed by atoms with E-state index in [4.69, 9.17) is 16.7 Å². The maximum atomic E-state index is 12.8. The van der Waals surface area contributed by atoms with Crippen LogP contribution < -0.4 is 0 Å². The number of hydrogen-bond donors (Lipinski definition) is 1. The van der Waals surface area contributed by atoms with Gasteiger partial charge < -0.3 is 14.9 Å². The summed E-state index contributed by atoms with van der Waals surface area (Å²) < 4.78 is 0. The van der Waals surface area contributed by atoms with Crippen LogP contribution in [0.1, 0.15) is 38.2 Å². The highest BCUT2D eigenvalue weighted by Gasteiger charge is 2.32. The number of aliphatic hydroxyl groups excluding tert-OH is 1. The molecule has 0 aromatic heterocycles. The molecule has 0 saturated carbocycles. The fraction of sp³-hybridized carbons (Fsp3) is 0.579. The van der Waals surface area contributed by atoms with Crippen molar-refractivity contribution in [1.29, 1.82) is 0 Å². The topological polar surface area (TPSA) is 60.9 Å². The van der Waals surface area contributed by atoms with Crippen LogP contribution >= 0.6 is 11.6 Å². The molecule has 0 unspecified atom stereocenters. The number of rotatable bonds is 8. The van der Waals surface area contributed by atoms with Crippen molar-refractivity contribution in [3.8, 4) is 0 Å². The van der Waals surface area contributed by atoms with Crippen molar-refractivity contribution >= 4 is 23.4 Å². The van der Waals surface area contributed by atoms with E-state index in [0.29, 0.717) is 50.5 Å². The number of aliphatic hydroxyl groups is 1. The quantitative estimate of drug-likeness (QED) is 0.719. The lowest BCUT2D eigenvalue weighted by Gasteiger charge is -2.34. The van der Waals surface area contributed by atoms with Crippen molar-refractivity contribution in [3.05, 3.63) is 34.9 Å². The van der Waals surface area contributed by atoms with Gasteiger partial charge in [-0.3, -0.25) is 9.59 Å². The van der Waals surface area contributed by atoms with Crippen molar-refractivity contribution in [2.75, 3.05) is 26.2 Å². The third kappa shape index (κ3) is 5.72. The number of nitrogens with zero attached hydrogens (tertiary/aromatic N) is 2. The van der Waals surface area contributed by atoms with Gasteiger partial charge in [-0.1, -0.05) is 23.7 Å². The predicted octanol–water partition coefficient (Wildman–Crippen LogP) is 2.70. The van der Waals surface area contributed by atoms with Crippen LogP contribution in [0, 0.1) is 5.92 Å². The molecule has 138 valence electrons. The molecule has 1 heterocycles. The van der Waals surface area contributed by atoms with E-state index in [-0.39, 0.29) is 24.3 Å². The summed E-state index contributed by atoms with van der Waals surface area (Å²) in [6, 6.07) is 7.45. The van der Waals surface area contributed by atoms with Gasteiger partial charge >= 0.3 is 0 Å². The summed E-state index contributed by atoms with van der Waals surface area (Å²) in [5.41, 5.74) is 1.01. The Morgan fingerprint density at radius 1 is 1.32 bits per heavy atom. The first-order valence-electron chi connectivity index (χ1n) is 8.97. The first-order valence-corrected chi connectivity index (χ1v) is 9.34. The number of hydrogen-bond acceptors (Lipinski definition) is 3. The summed E-state index contributed by atoms with van der Waals surface area (Å²) in [6.45, 7) is 4.42. The number of benzene rings is 1. The van der Waals surface area contributed by atoms with Gasteiger partial charge in [0.05, 0.1) is 5.92 Å². The number of carbonyl (C=O) groups excluding carboxylic acids is 2. The summed E-state index contributed by atoms with van der Waals surface area (Å²) in [7, 11) is 0. The highest BCUT2D eigenvalue weighted by molar-refractivity contribution is 6.30. The normalized spacial score (nSPS) is 17.6. The van der Waals surface area contributed by atoms with Crippen molar-refractivity contribution in [2.45, 2.75) is 39.2 Å². The maximum absolute atomic E-state index is 12.8. The van der Waals surface area contributed by atoms with Gasteiger partial charge in [0.2, 0.25) is 11.8 Å². The standard InChI is InChI=1S/C19H27ClN2O3/c1-2-21(11-3-4-12-23)19(25)16-7-10-18(24)22(14-16)13-15-5-8-17(20)9-6-15/h5-6,8-9,16,23H,2-4,7,10-14H2,1H3/t16-/m0/s1. The molecule has 1 aliphatic heterocycles. The number of likely N-dealkylation sites (tertiary alicyclic amines) is 1. The van der Waals surface area contributed by atoms with Gasteiger partial charge in [-0.05, 0) is 43.9 Å². The average molecular weight is 367 g/mol. The van der Waals surface area contributed by atoms with E-state index >= 15 is 0 Å². The highest BCUT2D eigenvalue weighted by atomic mass is 35.5. The molecule has 25 heavy (non-hydrogen) atoms.